The Morgan fingerprint density at radius 2 is 2.00 bits per heavy atom. The zero-order valence-electron chi connectivity index (χ0n) is 14.8. The Hall–Kier alpha value is -2.10. The van der Waals surface area contributed by atoms with Gasteiger partial charge in [0.2, 0.25) is 0 Å². The minimum Gasteiger partial charge on any atom is -0.320 e. The van der Waals surface area contributed by atoms with Gasteiger partial charge in [0.15, 0.2) is 0 Å². The van der Waals surface area contributed by atoms with Crippen molar-refractivity contribution in [3.8, 4) is 0 Å². The van der Waals surface area contributed by atoms with E-state index in [4.69, 9.17) is 11.6 Å². The molecule has 0 N–H and O–H groups in total. The Balaban J connectivity index is 1.93. The predicted molar refractivity (Wildman–Crippen MR) is 106 cm³/mol. The quantitative estimate of drug-likeness (QED) is 0.641. The van der Waals surface area contributed by atoms with Crippen molar-refractivity contribution in [2.45, 2.75) is 32.9 Å². The molecule has 25 heavy (non-hydrogen) atoms. The van der Waals surface area contributed by atoms with Gasteiger partial charge in [-0.3, -0.25) is 9.88 Å². The van der Waals surface area contributed by atoms with Gasteiger partial charge in [0, 0.05) is 53.7 Å². The first-order valence-electron chi connectivity index (χ1n) is 8.65. The number of likely N-dealkylation sites (N-methyl/N-ethyl adjacent to an activating group) is 1. The van der Waals surface area contributed by atoms with Crippen molar-refractivity contribution in [2.24, 2.45) is 0 Å². The Kier molecular flexibility index (Phi) is 4.14. The number of nitrogens with zero attached hydrogens (tertiary/aromatic N) is 3. The van der Waals surface area contributed by atoms with Gasteiger partial charge in [-0.15, -0.1) is 0 Å². The average molecular weight is 352 g/mol. The number of benzene rings is 1. The van der Waals surface area contributed by atoms with E-state index in [0.29, 0.717) is 6.04 Å². The summed E-state index contributed by atoms with van der Waals surface area (Å²) in [5.41, 5.74) is 6.45. The summed E-state index contributed by atoms with van der Waals surface area (Å²) in [6.07, 6.45) is 6.97. The van der Waals surface area contributed by atoms with E-state index < -0.39 is 0 Å². The molecule has 1 aromatic carbocycles. The Morgan fingerprint density at radius 1 is 1.24 bits per heavy atom. The molecule has 0 fully saturated rings. The predicted octanol–water partition coefficient (Wildman–Crippen LogP) is 5.08. The van der Waals surface area contributed by atoms with Crippen LogP contribution < -0.4 is 0 Å². The summed E-state index contributed by atoms with van der Waals surface area (Å²) < 4.78 is 2.36. The fourth-order valence-electron chi connectivity index (χ4n) is 3.68. The summed E-state index contributed by atoms with van der Waals surface area (Å²) in [5, 5.41) is 2.06. The van der Waals surface area contributed by atoms with E-state index in [1.807, 2.05) is 18.5 Å². The number of rotatable bonds is 2. The molecule has 0 aliphatic carbocycles. The fourth-order valence-corrected chi connectivity index (χ4v) is 3.85. The second-order valence-electron chi connectivity index (χ2n) is 6.97. The van der Waals surface area contributed by atoms with Crippen LogP contribution in [0.3, 0.4) is 0 Å². The maximum Gasteiger partial charge on any atom is 0.0529 e. The molecule has 0 amide bonds. The van der Waals surface area contributed by atoms with Crippen LogP contribution in [0.1, 0.15) is 30.7 Å². The van der Waals surface area contributed by atoms with Crippen molar-refractivity contribution in [1.29, 1.82) is 0 Å². The van der Waals surface area contributed by atoms with Gasteiger partial charge in [0.25, 0.3) is 0 Å². The third-order valence-corrected chi connectivity index (χ3v) is 5.52. The fraction of sp³-hybridized carbons (Fsp3) is 0.286. The van der Waals surface area contributed by atoms with E-state index in [-0.39, 0.29) is 0 Å². The minimum absolute atomic E-state index is 0.528. The summed E-state index contributed by atoms with van der Waals surface area (Å²) in [6.45, 7) is 5.40. The van der Waals surface area contributed by atoms with Gasteiger partial charge < -0.3 is 4.57 Å². The Bertz CT molecular complexity index is 956. The molecule has 0 radical (unpaired) electrons. The summed E-state index contributed by atoms with van der Waals surface area (Å²) in [5.74, 6) is 0. The number of allylic oxidation sites excluding steroid dienone is 1. The van der Waals surface area contributed by atoms with Crippen molar-refractivity contribution in [1.82, 2.24) is 14.5 Å². The number of pyridine rings is 1. The number of hydrogen-bond donors (Lipinski definition) is 0. The zero-order valence-corrected chi connectivity index (χ0v) is 15.6. The standard InChI is InChI=1S/C21H22ClN3/c1-14(16-6-8-23-9-7-16)12-25-20-5-4-17(22)11-18(20)19-13-24(3)15(2)10-21(19)25/h4-9,11-12,15H,10,13H2,1-3H3/b14-12+/t15-/m1/s1. The first-order chi connectivity index (χ1) is 12.0. The van der Waals surface area contributed by atoms with E-state index in [1.165, 1.54) is 33.3 Å². The molecule has 0 spiro atoms. The molecule has 0 bridgehead atoms. The second-order valence-corrected chi connectivity index (χ2v) is 7.41. The normalized spacial score (nSPS) is 18.6. The second kappa shape index (κ2) is 6.32. The highest BCUT2D eigenvalue weighted by Crippen LogP contribution is 2.35. The van der Waals surface area contributed by atoms with Gasteiger partial charge in [-0.05, 0) is 67.9 Å². The molecule has 3 heterocycles. The number of halogens is 1. The maximum atomic E-state index is 6.29. The molecule has 1 aliphatic heterocycles. The maximum absolute atomic E-state index is 6.29. The number of aromatic nitrogens is 2. The van der Waals surface area contributed by atoms with Gasteiger partial charge in [-0.1, -0.05) is 11.6 Å². The molecule has 128 valence electrons. The van der Waals surface area contributed by atoms with Crippen molar-refractivity contribution in [2.75, 3.05) is 7.05 Å². The molecule has 0 saturated carbocycles. The smallest absolute Gasteiger partial charge is 0.0529 e. The first-order valence-corrected chi connectivity index (χ1v) is 9.02. The summed E-state index contributed by atoms with van der Waals surface area (Å²) in [6, 6.07) is 10.9. The van der Waals surface area contributed by atoms with Gasteiger partial charge in [-0.25, -0.2) is 0 Å². The molecule has 4 heteroatoms. The third kappa shape index (κ3) is 2.88. The summed E-state index contributed by atoms with van der Waals surface area (Å²) in [4.78, 5) is 6.53. The van der Waals surface area contributed by atoms with Crippen molar-refractivity contribution in [3.63, 3.8) is 0 Å². The van der Waals surface area contributed by atoms with Crippen molar-refractivity contribution in [3.05, 3.63) is 64.6 Å². The molecule has 0 unspecified atom stereocenters. The lowest BCUT2D eigenvalue weighted by Crippen LogP contribution is -2.35. The van der Waals surface area contributed by atoms with Crippen LogP contribution in [-0.4, -0.2) is 27.5 Å². The number of fused-ring (bicyclic) bond motifs is 3. The van der Waals surface area contributed by atoms with Crippen LogP contribution in [0.4, 0.5) is 0 Å². The van der Waals surface area contributed by atoms with E-state index in [0.717, 1.165) is 18.0 Å². The minimum atomic E-state index is 0.528. The molecule has 3 aromatic rings. The largest absolute Gasteiger partial charge is 0.320 e. The molecule has 0 saturated heterocycles. The Morgan fingerprint density at radius 3 is 2.76 bits per heavy atom. The number of hydrogen-bond acceptors (Lipinski definition) is 2. The molecular weight excluding hydrogens is 330 g/mol. The third-order valence-electron chi connectivity index (χ3n) is 5.29. The SMILES string of the molecule is C/C(=C\n1c2c(c3cc(Cl)ccc31)CN(C)[C@H](C)C2)c1ccncc1. The van der Waals surface area contributed by atoms with Crippen molar-refractivity contribution >= 4 is 34.3 Å². The topological polar surface area (TPSA) is 21.1 Å². The summed E-state index contributed by atoms with van der Waals surface area (Å²) in [7, 11) is 2.19. The molecule has 3 nitrogen and oxygen atoms in total. The van der Waals surface area contributed by atoms with E-state index in [1.54, 1.807) is 0 Å². The highest BCUT2D eigenvalue weighted by atomic mass is 35.5. The van der Waals surface area contributed by atoms with Crippen LogP contribution in [0.25, 0.3) is 22.7 Å². The molecule has 1 aliphatic rings. The Labute approximate surface area is 153 Å². The van der Waals surface area contributed by atoms with Crippen molar-refractivity contribution < 1.29 is 0 Å². The monoisotopic (exact) mass is 351 g/mol. The lowest BCUT2D eigenvalue weighted by molar-refractivity contribution is 0.230. The molecule has 1 atom stereocenters. The average Bonchev–Trinajstić information content (AvgIpc) is 2.89. The van der Waals surface area contributed by atoms with Gasteiger partial charge >= 0.3 is 0 Å². The lowest BCUT2D eigenvalue weighted by Gasteiger charge is -2.30. The molecule has 2 aromatic heterocycles. The van der Waals surface area contributed by atoms with Crippen LogP contribution in [0, 0.1) is 0 Å². The highest BCUT2D eigenvalue weighted by Gasteiger charge is 2.26. The van der Waals surface area contributed by atoms with Crippen LogP contribution >= 0.6 is 11.6 Å². The van der Waals surface area contributed by atoms with E-state index >= 15 is 0 Å². The van der Waals surface area contributed by atoms with Gasteiger partial charge in [-0.2, -0.15) is 0 Å². The van der Waals surface area contributed by atoms with Gasteiger partial charge in [0.1, 0.15) is 0 Å². The van der Waals surface area contributed by atoms with E-state index in [9.17, 15) is 0 Å². The molecule has 4 rings (SSSR count). The van der Waals surface area contributed by atoms with Crippen LogP contribution in [0.2, 0.25) is 5.02 Å². The highest BCUT2D eigenvalue weighted by molar-refractivity contribution is 6.31. The zero-order chi connectivity index (χ0) is 17.6. The van der Waals surface area contributed by atoms with Crippen LogP contribution in [-0.2, 0) is 13.0 Å². The van der Waals surface area contributed by atoms with Gasteiger partial charge in [0.05, 0.1) is 5.52 Å². The van der Waals surface area contributed by atoms with E-state index in [2.05, 4.69) is 65.8 Å². The van der Waals surface area contributed by atoms with Crippen LogP contribution in [0.5, 0.6) is 0 Å². The molecular formula is C21H22ClN3. The summed E-state index contributed by atoms with van der Waals surface area (Å²) >= 11 is 6.29. The van der Waals surface area contributed by atoms with Crippen LogP contribution in [0.15, 0.2) is 42.7 Å². The lowest BCUT2D eigenvalue weighted by atomic mass is 10.00. The first kappa shape index (κ1) is 16.4.